The lowest BCUT2D eigenvalue weighted by molar-refractivity contribution is -0.148. The number of hydrogen-bond acceptors (Lipinski definition) is 6. The summed E-state index contributed by atoms with van der Waals surface area (Å²) in [4.78, 5) is 27.6. The molecule has 0 radical (unpaired) electrons. The Bertz CT molecular complexity index is 895. The lowest BCUT2D eigenvalue weighted by atomic mass is 10.1. The molecule has 6 nitrogen and oxygen atoms in total. The van der Waals surface area contributed by atoms with Gasteiger partial charge in [-0.3, -0.25) is 4.98 Å². The van der Waals surface area contributed by atoms with E-state index in [0.717, 1.165) is 0 Å². The van der Waals surface area contributed by atoms with Crippen LogP contribution in [0.25, 0.3) is 12.2 Å². The molecule has 0 atom stereocenters. The van der Waals surface area contributed by atoms with Crippen LogP contribution in [0.2, 0.25) is 0 Å². The Hall–Kier alpha value is -3.41. The zero-order valence-corrected chi connectivity index (χ0v) is 17.0. The standard InChI is InChI=1S/C23H25NO5/c1-5-27-21(25)10-8-17-13-18(9-11-22(26)29-23(2,3)4)15-20(14-17)28-19-7-6-12-24-16-19/h6-16H,5H2,1-4H3. The highest BCUT2D eigenvalue weighted by atomic mass is 16.6. The smallest absolute Gasteiger partial charge is 0.331 e. The average molecular weight is 395 g/mol. The van der Waals surface area contributed by atoms with Gasteiger partial charge >= 0.3 is 11.9 Å². The number of rotatable bonds is 7. The zero-order chi connectivity index (χ0) is 21.3. The summed E-state index contributed by atoms with van der Waals surface area (Å²) < 4.78 is 16.0. The van der Waals surface area contributed by atoms with E-state index in [9.17, 15) is 9.59 Å². The molecule has 0 N–H and O–H groups in total. The molecule has 0 unspecified atom stereocenters. The molecule has 1 aromatic carbocycles. The fourth-order valence-electron chi connectivity index (χ4n) is 2.30. The highest BCUT2D eigenvalue weighted by Gasteiger charge is 2.14. The fraction of sp³-hybridized carbons (Fsp3) is 0.261. The van der Waals surface area contributed by atoms with Gasteiger partial charge in [-0.05, 0) is 81.3 Å². The Kier molecular flexibility index (Phi) is 7.71. The summed E-state index contributed by atoms with van der Waals surface area (Å²) >= 11 is 0. The van der Waals surface area contributed by atoms with Gasteiger partial charge in [-0.2, -0.15) is 0 Å². The van der Waals surface area contributed by atoms with Gasteiger partial charge in [0, 0.05) is 18.3 Å². The highest BCUT2D eigenvalue weighted by molar-refractivity contribution is 5.88. The molecule has 0 spiro atoms. The molecule has 29 heavy (non-hydrogen) atoms. The van der Waals surface area contributed by atoms with E-state index in [2.05, 4.69) is 4.98 Å². The van der Waals surface area contributed by atoms with E-state index in [1.807, 2.05) is 6.07 Å². The second-order valence-corrected chi connectivity index (χ2v) is 7.08. The normalized spacial score (nSPS) is 11.6. The molecule has 1 aromatic heterocycles. The van der Waals surface area contributed by atoms with Crippen molar-refractivity contribution < 1.29 is 23.8 Å². The van der Waals surface area contributed by atoms with Crippen LogP contribution in [0.4, 0.5) is 0 Å². The van der Waals surface area contributed by atoms with E-state index in [1.54, 1.807) is 76.5 Å². The predicted molar refractivity (Wildman–Crippen MR) is 111 cm³/mol. The van der Waals surface area contributed by atoms with Crippen molar-refractivity contribution in [1.29, 1.82) is 0 Å². The van der Waals surface area contributed by atoms with Crippen LogP contribution < -0.4 is 4.74 Å². The van der Waals surface area contributed by atoms with Crippen molar-refractivity contribution in [1.82, 2.24) is 4.98 Å². The summed E-state index contributed by atoms with van der Waals surface area (Å²) in [6, 6.07) is 8.91. The second kappa shape index (κ2) is 10.2. The van der Waals surface area contributed by atoms with Gasteiger partial charge < -0.3 is 14.2 Å². The summed E-state index contributed by atoms with van der Waals surface area (Å²) in [5.41, 5.74) is 0.851. The molecule has 6 heteroatoms. The molecule has 0 amide bonds. The predicted octanol–water partition coefficient (Wildman–Crippen LogP) is 4.81. The van der Waals surface area contributed by atoms with Crippen LogP contribution in [-0.4, -0.2) is 29.1 Å². The van der Waals surface area contributed by atoms with Crippen molar-refractivity contribution in [2.24, 2.45) is 0 Å². The second-order valence-electron chi connectivity index (χ2n) is 7.08. The van der Waals surface area contributed by atoms with Crippen LogP contribution in [0, 0.1) is 0 Å². The van der Waals surface area contributed by atoms with Gasteiger partial charge in [0.1, 0.15) is 17.1 Å². The van der Waals surface area contributed by atoms with E-state index < -0.39 is 17.5 Å². The zero-order valence-electron chi connectivity index (χ0n) is 17.0. The lowest BCUT2D eigenvalue weighted by Gasteiger charge is -2.17. The number of nitrogens with zero attached hydrogens (tertiary/aromatic N) is 1. The third-order valence-electron chi connectivity index (χ3n) is 3.34. The van der Waals surface area contributed by atoms with Gasteiger partial charge in [-0.25, -0.2) is 9.59 Å². The molecular weight excluding hydrogens is 370 g/mol. The van der Waals surface area contributed by atoms with Crippen LogP contribution in [-0.2, 0) is 19.1 Å². The lowest BCUT2D eigenvalue weighted by Crippen LogP contribution is -2.22. The summed E-state index contributed by atoms with van der Waals surface area (Å²) in [6.45, 7) is 7.46. The summed E-state index contributed by atoms with van der Waals surface area (Å²) in [5, 5.41) is 0. The Balaban J connectivity index is 2.28. The van der Waals surface area contributed by atoms with Gasteiger partial charge in [0.05, 0.1) is 12.8 Å². The third-order valence-corrected chi connectivity index (χ3v) is 3.34. The van der Waals surface area contributed by atoms with E-state index in [4.69, 9.17) is 14.2 Å². The quantitative estimate of drug-likeness (QED) is 0.495. The van der Waals surface area contributed by atoms with Crippen LogP contribution in [0.5, 0.6) is 11.5 Å². The Morgan fingerprint density at radius 1 is 1.00 bits per heavy atom. The van der Waals surface area contributed by atoms with Gasteiger partial charge in [0.2, 0.25) is 0 Å². The number of benzene rings is 1. The Labute approximate surface area is 170 Å². The number of aromatic nitrogens is 1. The van der Waals surface area contributed by atoms with Gasteiger partial charge in [-0.1, -0.05) is 0 Å². The number of pyridine rings is 1. The summed E-state index contributed by atoms with van der Waals surface area (Å²) in [7, 11) is 0. The maximum Gasteiger partial charge on any atom is 0.331 e. The fourth-order valence-corrected chi connectivity index (χ4v) is 2.30. The van der Waals surface area contributed by atoms with Crippen LogP contribution in [0.1, 0.15) is 38.8 Å². The van der Waals surface area contributed by atoms with Crippen molar-refractivity contribution in [2.75, 3.05) is 6.61 Å². The van der Waals surface area contributed by atoms with Crippen molar-refractivity contribution in [3.05, 3.63) is 66.0 Å². The minimum absolute atomic E-state index is 0.303. The number of carbonyl (C=O) groups excluding carboxylic acids is 2. The Morgan fingerprint density at radius 2 is 1.66 bits per heavy atom. The van der Waals surface area contributed by atoms with E-state index in [-0.39, 0.29) is 0 Å². The van der Waals surface area contributed by atoms with Gasteiger partial charge in [0.25, 0.3) is 0 Å². The van der Waals surface area contributed by atoms with Crippen molar-refractivity contribution in [2.45, 2.75) is 33.3 Å². The first-order valence-corrected chi connectivity index (χ1v) is 9.24. The van der Waals surface area contributed by atoms with Crippen LogP contribution >= 0.6 is 0 Å². The SMILES string of the molecule is CCOC(=O)C=Cc1cc(C=CC(=O)OC(C)(C)C)cc(Oc2cccnc2)c1. The summed E-state index contributed by atoms with van der Waals surface area (Å²) in [6.07, 6.45) is 9.20. The molecule has 0 fully saturated rings. The summed E-state index contributed by atoms with van der Waals surface area (Å²) in [5.74, 6) is 0.227. The molecule has 1 heterocycles. The molecule has 0 saturated heterocycles. The van der Waals surface area contributed by atoms with Gasteiger partial charge in [0.15, 0.2) is 0 Å². The van der Waals surface area contributed by atoms with E-state index in [0.29, 0.717) is 29.2 Å². The molecule has 0 saturated carbocycles. The first kappa shape index (κ1) is 21.9. The van der Waals surface area contributed by atoms with E-state index in [1.165, 1.54) is 12.2 Å². The monoisotopic (exact) mass is 395 g/mol. The first-order valence-electron chi connectivity index (χ1n) is 9.24. The molecule has 2 aromatic rings. The van der Waals surface area contributed by atoms with Crippen molar-refractivity contribution >= 4 is 24.1 Å². The molecule has 0 aliphatic rings. The number of esters is 2. The molecule has 0 aliphatic carbocycles. The maximum atomic E-state index is 12.0. The van der Waals surface area contributed by atoms with Crippen molar-refractivity contribution in [3.8, 4) is 11.5 Å². The molecule has 0 bridgehead atoms. The Morgan fingerprint density at radius 3 is 2.21 bits per heavy atom. The first-order chi connectivity index (χ1) is 13.7. The molecule has 2 rings (SSSR count). The van der Waals surface area contributed by atoms with E-state index >= 15 is 0 Å². The topological polar surface area (TPSA) is 74.7 Å². The third kappa shape index (κ3) is 8.43. The molecule has 0 aliphatic heterocycles. The number of ether oxygens (including phenoxy) is 3. The molecule has 152 valence electrons. The maximum absolute atomic E-state index is 12.0. The number of carbonyl (C=O) groups is 2. The van der Waals surface area contributed by atoms with Crippen molar-refractivity contribution in [3.63, 3.8) is 0 Å². The minimum atomic E-state index is -0.569. The number of hydrogen-bond donors (Lipinski definition) is 0. The minimum Gasteiger partial charge on any atom is -0.463 e. The van der Waals surface area contributed by atoms with Crippen LogP contribution in [0.3, 0.4) is 0 Å². The van der Waals surface area contributed by atoms with Crippen LogP contribution in [0.15, 0.2) is 54.9 Å². The largest absolute Gasteiger partial charge is 0.463 e. The van der Waals surface area contributed by atoms with Gasteiger partial charge in [-0.15, -0.1) is 0 Å². The highest BCUT2D eigenvalue weighted by Crippen LogP contribution is 2.25. The molecular formula is C23H25NO5. The average Bonchev–Trinajstić information content (AvgIpc) is 2.64.